The summed E-state index contributed by atoms with van der Waals surface area (Å²) in [4.78, 5) is 0. The van der Waals surface area contributed by atoms with Crippen molar-refractivity contribution >= 4 is 15.9 Å². The molecule has 0 aliphatic carbocycles. The summed E-state index contributed by atoms with van der Waals surface area (Å²) in [5.41, 5.74) is 3.68. The smallest absolute Gasteiger partial charge is 0.0649 e. The number of benzene rings is 1. The molecule has 1 heterocycles. The molecule has 1 aromatic heterocycles. The van der Waals surface area contributed by atoms with Crippen LogP contribution in [0.2, 0.25) is 0 Å². The lowest BCUT2D eigenvalue weighted by molar-refractivity contribution is 0.551. The van der Waals surface area contributed by atoms with E-state index in [2.05, 4.69) is 59.2 Å². The third-order valence-electron chi connectivity index (χ3n) is 3.23. The fraction of sp³-hybridized carbons (Fsp3) is 0.438. The number of hydrogen-bond donors (Lipinski definition) is 1. The first-order chi connectivity index (χ1) is 9.61. The molecule has 0 radical (unpaired) electrons. The molecular formula is C16H22BrN3. The molecule has 0 fully saturated rings. The first kappa shape index (κ1) is 15.3. The van der Waals surface area contributed by atoms with Crippen molar-refractivity contribution in [3.05, 3.63) is 46.2 Å². The van der Waals surface area contributed by atoms with Crippen LogP contribution in [0.1, 0.15) is 32.0 Å². The van der Waals surface area contributed by atoms with E-state index in [0.29, 0.717) is 5.92 Å². The predicted octanol–water partition coefficient (Wildman–Crippen LogP) is 3.94. The van der Waals surface area contributed by atoms with Gasteiger partial charge in [-0.15, -0.1) is 0 Å². The minimum atomic E-state index is 0.668. The molecule has 0 bridgehead atoms. The van der Waals surface area contributed by atoms with Crippen LogP contribution in [-0.2, 0) is 13.0 Å². The molecule has 3 nitrogen and oxygen atoms in total. The van der Waals surface area contributed by atoms with Crippen molar-refractivity contribution in [2.75, 3.05) is 6.54 Å². The molecule has 0 unspecified atom stereocenters. The third-order valence-corrected chi connectivity index (χ3v) is 3.76. The number of nitrogens with one attached hydrogen (secondary N) is 1. The Labute approximate surface area is 129 Å². The number of hydrogen-bond acceptors (Lipinski definition) is 2. The molecule has 2 rings (SSSR count). The first-order valence-electron chi connectivity index (χ1n) is 7.14. The summed E-state index contributed by atoms with van der Waals surface area (Å²) in [5, 5.41) is 8.03. The molecule has 0 amide bonds. The number of rotatable bonds is 6. The van der Waals surface area contributed by atoms with E-state index in [1.807, 2.05) is 23.0 Å². The minimum Gasteiger partial charge on any atom is -0.312 e. The van der Waals surface area contributed by atoms with Gasteiger partial charge in [-0.3, -0.25) is 0 Å². The van der Waals surface area contributed by atoms with E-state index in [1.54, 1.807) is 0 Å². The van der Waals surface area contributed by atoms with E-state index in [4.69, 9.17) is 0 Å². The largest absolute Gasteiger partial charge is 0.312 e. The average Bonchev–Trinajstić information content (AvgIpc) is 2.82. The van der Waals surface area contributed by atoms with Gasteiger partial charge in [0.15, 0.2) is 0 Å². The topological polar surface area (TPSA) is 29.9 Å². The molecule has 0 aliphatic heterocycles. The molecular weight excluding hydrogens is 314 g/mol. The van der Waals surface area contributed by atoms with Gasteiger partial charge in [-0.25, -0.2) is 4.68 Å². The first-order valence-corrected chi connectivity index (χ1v) is 7.93. The van der Waals surface area contributed by atoms with Gasteiger partial charge >= 0.3 is 0 Å². The zero-order valence-electron chi connectivity index (χ0n) is 12.4. The number of nitrogens with zero attached hydrogens (tertiary/aromatic N) is 2. The Kier molecular flexibility index (Phi) is 5.38. The zero-order valence-corrected chi connectivity index (χ0v) is 13.9. The molecule has 0 atom stereocenters. The molecule has 20 heavy (non-hydrogen) atoms. The summed E-state index contributed by atoms with van der Waals surface area (Å²) in [6.07, 6.45) is 2.96. The van der Waals surface area contributed by atoms with Gasteiger partial charge in [-0.1, -0.05) is 36.7 Å². The van der Waals surface area contributed by atoms with Crippen molar-refractivity contribution in [2.45, 2.75) is 33.7 Å². The average molecular weight is 336 g/mol. The normalized spacial score (nSPS) is 11.2. The van der Waals surface area contributed by atoms with E-state index in [9.17, 15) is 0 Å². The lowest BCUT2D eigenvalue weighted by Gasteiger charge is -2.10. The summed E-state index contributed by atoms with van der Waals surface area (Å²) >= 11 is 3.47. The molecule has 0 spiro atoms. The number of halogens is 1. The van der Waals surface area contributed by atoms with Crippen molar-refractivity contribution in [1.29, 1.82) is 0 Å². The van der Waals surface area contributed by atoms with Gasteiger partial charge in [0.1, 0.15) is 0 Å². The van der Waals surface area contributed by atoms with Crippen LogP contribution >= 0.6 is 15.9 Å². The highest BCUT2D eigenvalue weighted by Gasteiger charge is 2.10. The Morgan fingerprint density at radius 3 is 2.55 bits per heavy atom. The van der Waals surface area contributed by atoms with Crippen LogP contribution in [0.15, 0.2) is 34.9 Å². The SMILES string of the molecule is CCc1c(CNCC(C)C)cnn1-c1ccc(Br)cc1. The van der Waals surface area contributed by atoms with Gasteiger partial charge in [0, 0.05) is 22.3 Å². The van der Waals surface area contributed by atoms with Crippen molar-refractivity contribution in [1.82, 2.24) is 15.1 Å². The monoisotopic (exact) mass is 335 g/mol. The Hall–Kier alpha value is -1.13. The quantitative estimate of drug-likeness (QED) is 0.866. The van der Waals surface area contributed by atoms with Crippen LogP contribution in [0.4, 0.5) is 0 Å². The summed E-state index contributed by atoms with van der Waals surface area (Å²) in [7, 11) is 0. The zero-order chi connectivity index (χ0) is 14.5. The maximum absolute atomic E-state index is 4.55. The van der Waals surface area contributed by atoms with Gasteiger partial charge < -0.3 is 5.32 Å². The van der Waals surface area contributed by atoms with E-state index < -0.39 is 0 Å². The lowest BCUT2D eigenvalue weighted by Crippen LogP contribution is -2.19. The fourth-order valence-electron chi connectivity index (χ4n) is 2.23. The molecule has 1 N–H and O–H groups in total. The summed E-state index contributed by atoms with van der Waals surface area (Å²) in [6, 6.07) is 8.27. The van der Waals surface area contributed by atoms with Crippen molar-refractivity contribution in [2.24, 2.45) is 5.92 Å². The van der Waals surface area contributed by atoms with Crippen LogP contribution in [0, 0.1) is 5.92 Å². The maximum Gasteiger partial charge on any atom is 0.0649 e. The Bertz CT molecular complexity index is 543. The summed E-state index contributed by atoms with van der Waals surface area (Å²) < 4.78 is 3.13. The van der Waals surface area contributed by atoms with E-state index in [0.717, 1.165) is 29.7 Å². The van der Waals surface area contributed by atoms with Crippen molar-refractivity contribution in [3.63, 3.8) is 0 Å². The van der Waals surface area contributed by atoms with Gasteiger partial charge in [0.05, 0.1) is 11.9 Å². The molecule has 2 aromatic rings. The third kappa shape index (κ3) is 3.70. The Morgan fingerprint density at radius 2 is 1.95 bits per heavy atom. The highest BCUT2D eigenvalue weighted by molar-refractivity contribution is 9.10. The van der Waals surface area contributed by atoms with Gasteiger partial charge in [0.2, 0.25) is 0 Å². The van der Waals surface area contributed by atoms with Crippen molar-refractivity contribution < 1.29 is 0 Å². The number of aromatic nitrogens is 2. The lowest BCUT2D eigenvalue weighted by atomic mass is 10.2. The maximum atomic E-state index is 4.55. The van der Waals surface area contributed by atoms with E-state index in [1.165, 1.54) is 11.3 Å². The van der Waals surface area contributed by atoms with Crippen LogP contribution in [0.25, 0.3) is 5.69 Å². The molecule has 0 saturated carbocycles. The molecule has 4 heteroatoms. The Balaban J connectivity index is 2.18. The van der Waals surface area contributed by atoms with Crippen molar-refractivity contribution in [3.8, 4) is 5.69 Å². The predicted molar refractivity (Wildman–Crippen MR) is 87.2 cm³/mol. The second kappa shape index (κ2) is 7.04. The van der Waals surface area contributed by atoms with E-state index in [-0.39, 0.29) is 0 Å². The van der Waals surface area contributed by atoms with Crippen LogP contribution in [0.3, 0.4) is 0 Å². The Morgan fingerprint density at radius 1 is 1.25 bits per heavy atom. The second-order valence-electron chi connectivity index (χ2n) is 5.38. The van der Waals surface area contributed by atoms with Crippen LogP contribution in [0.5, 0.6) is 0 Å². The highest BCUT2D eigenvalue weighted by atomic mass is 79.9. The minimum absolute atomic E-state index is 0.668. The molecule has 1 aromatic carbocycles. The molecule has 108 valence electrons. The van der Waals surface area contributed by atoms with Gasteiger partial charge in [0.25, 0.3) is 0 Å². The van der Waals surface area contributed by atoms with Gasteiger partial charge in [-0.2, -0.15) is 5.10 Å². The molecule has 0 saturated heterocycles. The van der Waals surface area contributed by atoms with Crippen LogP contribution < -0.4 is 5.32 Å². The summed E-state index contributed by atoms with van der Waals surface area (Å²) in [5.74, 6) is 0.668. The standard InChI is InChI=1S/C16H22BrN3/c1-4-16-13(10-18-9-12(2)3)11-19-20(16)15-7-5-14(17)6-8-15/h5-8,11-12,18H,4,9-10H2,1-3H3. The highest BCUT2D eigenvalue weighted by Crippen LogP contribution is 2.18. The molecule has 0 aliphatic rings. The van der Waals surface area contributed by atoms with E-state index >= 15 is 0 Å². The fourth-order valence-corrected chi connectivity index (χ4v) is 2.50. The second-order valence-corrected chi connectivity index (χ2v) is 6.30. The van der Waals surface area contributed by atoms with Crippen LogP contribution in [-0.4, -0.2) is 16.3 Å². The van der Waals surface area contributed by atoms with Gasteiger partial charge in [-0.05, 0) is 43.1 Å². The summed E-state index contributed by atoms with van der Waals surface area (Å²) in [6.45, 7) is 8.54.